The maximum absolute atomic E-state index is 12.9. The molecular weight excluding hydrogens is 328 g/mol. The summed E-state index contributed by atoms with van der Waals surface area (Å²) < 4.78 is 0. The van der Waals surface area contributed by atoms with Crippen LogP contribution in [0.25, 0.3) is 0 Å². The third-order valence-electron chi connectivity index (χ3n) is 4.30. The van der Waals surface area contributed by atoms with E-state index in [4.69, 9.17) is 0 Å². The standard InChI is InChI=1S/C16H18N4O3S/c1-24-12-4-5-15(20(22)23)13(9-12)16(21)19-8-2-3-11(10-19)14-6-7-17-18-14/h4-7,9,11H,2-3,8,10H2,1H3,(H,17,18). The first-order valence-corrected chi connectivity index (χ1v) is 8.93. The zero-order valence-electron chi connectivity index (χ0n) is 13.3. The molecule has 0 aliphatic carbocycles. The lowest BCUT2D eigenvalue weighted by Gasteiger charge is -2.32. The maximum atomic E-state index is 12.9. The molecule has 8 heteroatoms. The Kier molecular flexibility index (Phi) is 4.84. The number of hydrogen-bond donors (Lipinski definition) is 1. The molecule has 2 aromatic rings. The number of rotatable bonds is 4. The normalized spacial score (nSPS) is 17.7. The number of likely N-dealkylation sites (tertiary alicyclic amines) is 1. The van der Waals surface area contributed by atoms with Crippen molar-refractivity contribution >= 4 is 23.4 Å². The number of nitro benzene ring substituents is 1. The van der Waals surface area contributed by atoms with Crippen molar-refractivity contribution in [2.24, 2.45) is 0 Å². The summed E-state index contributed by atoms with van der Waals surface area (Å²) in [6.07, 6.45) is 5.41. The molecule has 2 heterocycles. The Bertz CT molecular complexity index is 748. The number of carbonyl (C=O) groups is 1. The monoisotopic (exact) mass is 346 g/mol. The lowest BCUT2D eigenvalue weighted by molar-refractivity contribution is -0.385. The van der Waals surface area contributed by atoms with Crippen LogP contribution in [0.3, 0.4) is 0 Å². The Balaban J connectivity index is 1.86. The van der Waals surface area contributed by atoms with Gasteiger partial charge in [-0.05, 0) is 37.3 Å². The van der Waals surface area contributed by atoms with Crippen LogP contribution in [0.2, 0.25) is 0 Å². The number of nitrogens with one attached hydrogen (secondary N) is 1. The van der Waals surface area contributed by atoms with Gasteiger partial charge in [0.2, 0.25) is 0 Å². The first-order chi connectivity index (χ1) is 11.6. The quantitative estimate of drug-likeness (QED) is 0.522. The summed E-state index contributed by atoms with van der Waals surface area (Å²) in [7, 11) is 0. The van der Waals surface area contributed by atoms with Crippen molar-refractivity contribution < 1.29 is 9.72 Å². The van der Waals surface area contributed by atoms with E-state index in [1.807, 2.05) is 12.3 Å². The van der Waals surface area contributed by atoms with Gasteiger partial charge in [-0.25, -0.2) is 0 Å². The highest BCUT2D eigenvalue weighted by molar-refractivity contribution is 7.98. The molecule has 1 amide bonds. The van der Waals surface area contributed by atoms with Crippen LogP contribution in [0.5, 0.6) is 0 Å². The van der Waals surface area contributed by atoms with Crippen LogP contribution in [0.15, 0.2) is 35.4 Å². The summed E-state index contributed by atoms with van der Waals surface area (Å²) in [6, 6.07) is 6.61. The lowest BCUT2D eigenvalue weighted by Crippen LogP contribution is -2.39. The molecule has 0 spiro atoms. The highest BCUT2D eigenvalue weighted by Gasteiger charge is 2.30. The molecule has 1 aromatic carbocycles. The molecule has 3 rings (SSSR count). The smallest absolute Gasteiger partial charge is 0.282 e. The number of aromatic amines is 1. The number of nitro groups is 1. The van der Waals surface area contributed by atoms with Crippen molar-refractivity contribution in [3.63, 3.8) is 0 Å². The number of carbonyl (C=O) groups excluding carboxylic acids is 1. The van der Waals surface area contributed by atoms with E-state index in [-0.39, 0.29) is 23.1 Å². The molecule has 1 aliphatic rings. The Hall–Kier alpha value is -2.35. The van der Waals surface area contributed by atoms with E-state index < -0.39 is 4.92 Å². The summed E-state index contributed by atoms with van der Waals surface area (Å²) in [5.74, 6) is -0.0881. The largest absolute Gasteiger partial charge is 0.338 e. The van der Waals surface area contributed by atoms with Crippen LogP contribution in [0.1, 0.15) is 34.8 Å². The summed E-state index contributed by atoms with van der Waals surface area (Å²) in [4.78, 5) is 26.2. The van der Waals surface area contributed by atoms with Crippen LogP contribution < -0.4 is 0 Å². The van der Waals surface area contributed by atoms with Crippen molar-refractivity contribution in [3.8, 4) is 0 Å². The Morgan fingerprint density at radius 2 is 2.29 bits per heavy atom. The van der Waals surface area contributed by atoms with E-state index in [9.17, 15) is 14.9 Å². The average Bonchev–Trinajstić information content (AvgIpc) is 3.15. The first kappa shape index (κ1) is 16.5. The van der Waals surface area contributed by atoms with E-state index in [2.05, 4.69) is 10.2 Å². The SMILES string of the molecule is CSc1ccc([N+](=O)[O-])c(C(=O)N2CCCC(c3ccn[nH]3)C2)c1. The van der Waals surface area contributed by atoms with Crippen LogP contribution in [-0.4, -0.2) is 45.3 Å². The van der Waals surface area contributed by atoms with E-state index in [1.54, 1.807) is 23.2 Å². The van der Waals surface area contributed by atoms with Gasteiger partial charge in [0.15, 0.2) is 0 Å². The van der Waals surface area contributed by atoms with Gasteiger partial charge in [-0.3, -0.25) is 20.0 Å². The molecule has 0 saturated carbocycles. The molecule has 0 radical (unpaired) electrons. The van der Waals surface area contributed by atoms with Gasteiger partial charge >= 0.3 is 0 Å². The minimum absolute atomic E-state index is 0.138. The Morgan fingerprint density at radius 1 is 1.46 bits per heavy atom. The molecule has 126 valence electrons. The summed E-state index contributed by atoms with van der Waals surface area (Å²) in [6.45, 7) is 1.16. The zero-order valence-corrected chi connectivity index (χ0v) is 14.1. The Morgan fingerprint density at radius 3 is 2.96 bits per heavy atom. The summed E-state index contributed by atoms with van der Waals surface area (Å²) in [5, 5.41) is 18.2. The number of aromatic nitrogens is 2. The van der Waals surface area contributed by atoms with Crippen LogP contribution in [0, 0.1) is 10.1 Å². The molecule has 1 aromatic heterocycles. The van der Waals surface area contributed by atoms with Gasteiger partial charge in [-0.1, -0.05) is 0 Å². The predicted molar refractivity (Wildman–Crippen MR) is 91.3 cm³/mol. The molecule has 24 heavy (non-hydrogen) atoms. The predicted octanol–water partition coefficient (Wildman–Crippen LogP) is 3.06. The number of H-pyrrole nitrogens is 1. The van der Waals surface area contributed by atoms with E-state index >= 15 is 0 Å². The van der Waals surface area contributed by atoms with Crippen molar-refractivity contribution in [1.82, 2.24) is 15.1 Å². The minimum Gasteiger partial charge on any atom is -0.338 e. The van der Waals surface area contributed by atoms with Crippen LogP contribution in [0.4, 0.5) is 5.69 Å². The second kappa shape index (κ2) is 7.04. The average molecular weight is 346 g/mol. The van der Waals surface area contributed by atoms with Gasteiger partial charge in [0.25, 0.3) is 11.6 Å². The first-order valence-electron chi connectivity index (χ1n) is 7.71. The minimum atomic E-state index is -0.492. The summed E-state index contributed by atoms with van der Waals surface area (Å²) in [5.41, 5.74) is 1.03. The zero-order chi connectivity index (χ0) is 17.1. The maximum Gasteiger partial charge on any atom is 0.282 e. The van der Waals surface area contributed by atoms with Crippen molar-refractivity contribution in [2.75, 3.05) is 19.3 Å². The third kappa shape index (κ3) is 3.28. The van der Waals surface area contributed by atoms with Gasteiger partial charge in [-0.2, -0.15) is 5.10 Å². The number of hydrogen-bond acceptors (Lipinski definition) is 5. The third-order valence-corrected chi connectivity index (χ3v) is 5.03. The fourth-order valence-electron chi connectivity index (χ4n) is 3.05. The van der Waals surface area contributed by atoms with E-state index in [0.717, 1.165) is 23.4 Å². The molecule has 1 aliphatic heterocycles. The van der Waals surface area contributed by atoms with E-state index in [1.165, 1.54) is 17.8 Å². The number of nitrogens with zero attached hydrogens (tertiary/aromatic N) is 3. The number of piperidine rings is 1. The molecule has 1 saturated heterocycles. The van der Waals surface area contributed by atoms with Crippen molar-refractivity contribution in [3.05, 3.63) is 51.8 Å². The topological polar surface area (TPSA) is 92.1 Å². The molecule has 0 bridgehead atoms. The Labute approximate surface area is 143 Å². The highest BCUT2D eigenvalue weighted by Crippen LogP contribution is 2.30. The molecule has 1 fully saturated rings. The second-order valence-corrected chi connectivity index (χ2v) is 6.62. The number of thioether (sulfide) groups is 1. The lowest BCUT2D eigenvalue weighted by atomic mass is 9.94. The fraction of sp³-hybridized carbons (Fsp3) is 0.375. The van der Waals surface area contributed by atoms with Gasteiger partial charge in [0.1, 0.15) is 5.56 Å². The summed E-state index contributed by atoms with van der Waals surface area (Å²) >= 11 is 1.46. The molecule has 1 N–H and O–H groups in total. The molecule has 7 nitrogen and oxygen atoms in total. The molecule has 1 atom stereocenters. The highest BCUT2D eigenvalue weighted by atomic mass is 32.2. The van der Waals surface area contributed by atoms with E-state index in [0.29, 0.717) is 13.1 Å². The van der Waals surface area contributed by atoms with Crippen molar-refractivity contribution in [1.29, 1.82) is 0 Å². The van der Waals surface area contributed by atoms with Crippen LogP contribution in [-0.2, 0) is 0 Å². The van der Waals surface area contributed by atoms with Gasteiger partial charge in [0, 0.05) is 41.9 Å². The number of benzene rings is 1. The molecular formula is C16H18N4O3S. The van der Waals surface area contributed by atoms with Crippen LogP contribution >= 0.6 is 11.8 Å². The van der Waals surface area contributed by atoms with Gasteiger partial charge < -0.3 is 4.90 Å². The van der Waals surface area contributed by atoms with Crippen molar-refractivity contribution in [2.45, 2.75) is 23.7 Å². The second-order valence-electron chi connectivity index (χ2n) is 5.74. The fourth-order valence-corrected chi connectivity index (χ4v) is 3.49. The van der Waals surface area contributed by atoms with Gasteiger partial charge in [-0.15, -0.1) is 11.8 Å². The number of amides is 1. The van der Waals surface area contributed by atoms with Gasteiger partial charge in [0.05, 0.1) is 4.92 Å². The molecule has 1 unspecified atom stereocenters.